The summed E-state index contributed by atoms with van der Waals surface area (Å²) in [5, 5.41) is 13.7. The third kappa shape index (κ3) is 1.29. The Morgan fingerprint density at radius 3 is 3.20 bits per heavy atom. The number of rotatable bonds is 1. The standard InChI is InChI=1S/C11H12N2O2/c14-10-3-1-2-9-8(10)4-6-13(9)11-5-7-15-12-11/h4-7,10,14H,1-3H2. The van der Waals surface area contributed by atoms with Crippen molar-refractivity contribution in [2.24, 2.45) is 0 Å². The molecule has 0 saturated heterocycles. The first kappa shape index (κ1) is 8.73. The van der Waals surface area contributed by atoms with Crippen LogP contribution < -0.4 is 0 Å². The molecule has 1 aliphatic carbocycles. The van der Waals surface area contributed by atoms with Crippen LogP contribution in [0.15, 0.2) is 29.1 Å². The summed E-state index contributed by atoms with van der Waals surface area (Å²) in [5.41, 5.74) is 2.19. The normalized spacial score (nSPS) is 20.2. The number of hydrogen-bond acceptors (Lipinski definition) is 3. The summed E-state index contributed by atoms with van der Waals surface area (Å²) in [6.07, 6.45) is 6.05. The van der Waals surface area contributed by atoms with Crippen LogP contribution in [-0.2, 0) is 6.42 Å². The van der Waals surface area contributed by atoms with E-state index in [2.05, 4.69) is 5.16 Å². The van der Waals surface area contributed by atoms with Crippen LogP contribution in [0, 0.1) is 0 Å². The van der Waals surface area contributed by atoms with Gasteiger partial charge < -0.3 is 14.2 Å². The van der Waals surface area contributed by atoms with Gasteiger partial charge in [0.2, 0.25) is 0 Å². The topological polar surface area (TPSA) is 51.2 Å². The molecule has 1 unspecified atom stereocenters. The van der Waals surface area contributed by atoms with E-state index in [0.717, 1.165) is 36.3 Å². The van der Waals surface area contributed by atoms with Gasteiger partial charge in [-0.1, -0.05) is 5.16 Å². The van der Waals surface area contributed by atoms with Gasteiger partial charge in [-0.15, -0.1) is 0 Å². The fraction of sp³-hybridized carbons (Fsp3) is 0.364. The average molecular weight is 204 g/mol. The lowest BCUT2D eigenvalue weighted by atomic mass is 9.95. The van der Waals surface area contributed by atoms with E-state index in [1.165, 1.54) is 0 Å². The maximum absolute atomic E-state index is 9.82. The SMILES string of the molecule is OC1CCCc2c1ccn2-c1ccon1. The van der Waals surface area contributed by atoms with E-state index in [9.17, 15) is 5.11 Å². The predicted octanol–water partition coefficient (Wildman–Crippen LogP) is 1.83. The Morgan fingerprint density at radius 2 is 2.40 bits per heavy atom. The number of nitrogens with zero attached hydrogens (tertiary/aromatic N) is 2. The lowest BCUT2D eigenvalue weighted by Gasteiger charge is -2.19. The van der Waals surface area contributed by atoms with Crippen LogP contribution in [0.1, 0.15) is 30.2 Å². The predicted molar refractivity (Wildman–Crippen MR) is 53.7 cm³/mol. The Balaban J connectivity index is 2.11. The zero-order valence-corrected chi connectivity index (χ0v) is 8.26. The van der Waals surface area contributed by atoms with Crippen LogP contribution >= 0.6 is 0 Å². The van der Waals surface area contributed by atoms with Gasteiger partial charge in [0.15, 0.2) is 5.82 Å². The van der Waals surface area contributed by atoms with Gasteiger partial charge in [0.05, 0.1) is 6.10 Å². The molecule has 0 bridgehead atoms. The molecule has 0 spiro atoms. The maximum Gasteiger partial charge on any atom is 0.180 e. The second-order valence-corrected chi connectivity index (χ2v) is 3.85. The number of aliphatic hydroxyl groups excluding tert-OH is 1. The van der Waals surface area contributed by atoms with Gasteiger partial charge in [-0.2, -0.15) is 0 Å². The van der Waals surface area contributed by atoms with Gasteiger partial charge in [0.25, 0.3) is 0 Å². The van der Waals surface area contributed by atoms with E-state index in [-0.39, 0.29) is 6.10 Å². The van der Waals surface area contributed by atoms with E-state index >= 15 is 0 Å². The Morgan fingerprint density at radius 1 is 1.47 bits per heavy atom. The Hall–Kier alpha value is -1.55. The monoisotopic (exact) mass is 204 g/mol. The third-order valence-corrected chi connectivity index (χ3v) is 2.95. The molecule has 0 radical (unpaired) electrons. The van der Waals surface area contributed by atoms with Crippen molar-refractivity contribution in [3.8, 4) is 5.82 Å². The molecule has 1 N–H and O–H groups in total. The largest absolute Gasteiger partial charge is 0.388 e. The van der Waals surface area contributed by atoms with Crippen molar-refractivity contribution in [1.29, 1.82) is 0 Å². The van der Waals surface area contributed by atoms with Gasteiger partial charge in [-0.25, -0.2) is 0 Å². The van der Waals surface area contributed by atoms with Gasteiger partial charge in [0.1, 0.15) is 6.26 Å². The minimum Gasteiger partial charge on any atom is -0.388 e. The fourth-order valence-corrected chi connectivity index (χ4v) is 2.21. The Kier molecular flexibility index (Phi) is 1.89. The Labute approximate surface area is 87.1 Å². The van der Waals surface area contributed by atoms with Crippen molar-refractivity contribution in [1.82, 2.24) is 9.72 Å². The zero-order valence-electron chi connectivity index (χ0n) is 8.26. The number of fused-ring (bicyclic) bond motifs is 1. The second kappa shape index (κ2) is 3.24. The van der Waals surface area contributed by atoms with Crippen LogP contribution in [0.2, 0.25) is 0 Å². The highest BCUT2D eigenvalue weighted by Crippen LogP contribution is 2.31. The van der Waals surface area contributed by atoms with Gasteiger partial charge in [-0.3, -0.25) is 0 Å². The zero-order chi connectivity index (χ0) is 10.3. The molecule has 2 aromatic heterocycles. The molecule has 2 heterocycles. The molecule has 0 aromatic carbocycles. The molecular weight excluding hydrogens is 192 g/mol. The molecule has 4 nitrogen and oxygen atoms in total. The number of aromatic nitrogens is 2. The molecule has 2 aromatic rings. The molecule has 1 atom stereocenters. The summed E-state index contributed by atoms with van der Waals surface area (Å²) >= 11 is 0. The smallest absolute Gasteiger partial charge is 0.180 e. The summed E-state index contributed by atoms with van der Waals surface area (Å²) < 4.78 is 6.81. The quantitative estimate of drug-likeness (QED) is 0.771. The number of aliphatic hydroxyl groups is 1. The summed E-state index contributed by atoms with van der Waals surface area (Å²) in [7, 11) is 0. The first-order chi connectivity index (χ1) is 7.36. The minimum absolute atomic E-state index is 0.318. The van der Waals surface area contributed by atoms with Crippen molar-refractivity contribution in [2.75, 3.05) is 0 Å². The number of hydrogen-bond donors (Lipinski definition) is 1. The first-order valence-electron chi connectivity index (χ1n) is 5.15. The van der Waals surface area contributed by atoms with Crippen LogP contribution in [0.4, 0.5) is 0 Å². The summed E-state index contributed by atoms with van der Waals surface area (Å²) in [6.45, 7) is 0. The summed E-state index contributed by atoms with van der Waals surface area (Å²) in [6, 6.07) is 3.79. The first-order valence-corrected chi connectivity index (χ1v) is 5.15. The van der Waals surface area contributed by atoms with E-state index < -0.39 is 0 Å². The lowest BCUT2D eigenvalue weighted by Crippen LogP contribution is -2.11. The van der Waals surface area contributed by atoms with Crippen LogP contribution in [0.5, 0.6) is 0 Å². The van der Waals surface area contributed by atoms with Crippen molar-refractivity contribution in [3.05, 3.63) is 35.9 Å². The minimum atomic E-state index is -0.318. The third-order valence-electron chi connectivity index (χ3n) is 2.95. The van der Waals surface area contributed by atoms with E-state index in [0.29, 0.717) is 0 Å². The highest BCUT2D eigenvalue weighted by atomic mass is 16.5. The molecule has 0 saturated carbocycles. The van der Waals surface area contributed by atoms with Crippen molar-refractivity contribution < 1.29 is 9.63 Å². The average Bonchev–Trinajstić information content (AvgIpc) is 2.85. The highest BCUT2D eigenvalue weighted by molar-refractivity contribution is 5.34. The second-order valence-electron chi connectivity index (χ2n) is 3.85. The fourth-order valence-electron chi connectivity index (χ4n) is 2.21. The highest BCUT2D eigenvalue weighted by Gasteiger charge is 2.22. The van der Waals surface area contributed by atoms with Gasteiger partial charge in [0, 0.05) is 23.5 Å². The Bertz CT molecular complexity index is 459. The molecule has 15 heavy (non-hydrogen) atoms. The van der Waals surface area contributed by atoms with Crippen molar-refractivity contribution in [2.45, 2.75) is 25.4 Å². The van der Waals surface area contributed by atoms with E-state index in [1.807, 2.05) is 22.9 Å². The molecule has 0 aliphatic heterocycles. The molecule has 3 rings (SSSR count). The summed E-state index contributed by atoms with van der Waals surface area (Å²) in [4.78, 5) is 0. The van der Waals surface area contributed by atoms with Crippen molar-refractivity contribution >= 4 is 0 Å². The molecule has 0 fully saturated rings. The van der Waals surface area contributed by atoms with Gasteiger partial charge in [-0.05, 0) is 25.3 Å². The maximum atomic E-state index is 9.82. The molecule has 0 amide bonds. The molecular formula is C11H12N2O2. The van der Waals surface area contributed by atoms with Crippen LogP contribution in [0.25, 0.3) is 5.82 Å². The molecule has 1 aliphatic rings. The van der Waals surface area contributed by atoms with E-state index in [4.69, 9.17) is 4.52 Å². The van der Waals surface area contributed by atoms with E-state index in [1.54, 1.807) is 6.26 Å². The van der Waals surface area contributed by atoms with Crippen LogP contribution in [-0.4, -0.2) is 14.8 Å². The molecule has 78 valence electrons. The summed E-state index contributed by atoms with van der Waals surface area (Å²) in [5.74, 6) is 0.783. The van der Waals surface area contributed by atoms with Crippen LogP contribution in [0.3, 0.4) is 0 Å². The van der Waals surface area contributed by atoms with Gasteiger partial charge >= 0.3 is 0 Å². The molecule has 4 heteroatoms. The van der Waals surface area contributed by atoms with Crippen molar-refractivity contribution in [3.63, 3.8) is 0 Å². The lowest BCUT2D eigenvalue weighted by molar-refractivity contribution is 0.156.